The quantitative estimate of drug-likeness (QED) is 0.404. The van der Waals surface area contributed by atoms with Gasteiger partial charge in [0.1, 0.15) is 0 Å². The zero-order valence-electron chi connectivity index (χ0n) is 16.6. The minimum Gasteiger partial charge on any atom is -0.291 e. The van der Waals surface area contributed by atoms with E-state index in [1.807, 2.05) is 30.3 Å². The summed E-state index contributed by atoms with van der Waals surface area (Å²) in [5, 5.41) is 4.27. The topological polar surface area (TPSA) is 70.1 Å². The maximum Gasteiger partial charge on any atom is 0.256 e. The molecule has 0 aliphatic heterocycles. The molecule has 6 heteroatoms. The first-order chi connectivity index (χ1) is 14.6. The van der Waals surface area contributed by atoms with Gasteiger partial charge in [-0.15, -0.1) is 0 Å². The molecule has 0 bridgehead atoms. The molecule has 5 rings (SSSR count). The lowest BCUT2D eigenvalue weighted by atomic mass is 9.62. The second-order valence-electron chi connectivity index (χ2n) is 8.23. The van der Waals surface area contributed by atoms with Crippen LogP contribution in [0, 0.1) is 0 Å². The van der Waals surface area contributed by atoms with Gasteiger partial charge in [0, 0.05) is 15.5 Å². The van der Waals surface area contributed by atoms with E-state index in [-0.39, 0.29) is 11.0 Å². The predicted octanol–water partition coefficient (Wildman–Crippen LogP) is 5.40. The van der Waals surface area contributed by atoms with Crippen molar-refractivity contribution in [2.75, 3.05) is 5.43 Å². The van der Waals surface area contributed by atoms with Crippen molar-refractivity contribution in [2.24, 2.45) is 5.10 Å². The van der Waals surface area contributed by atoms with Crippen LogP contribution in [-0.4, -0.2) is 16.2 Å². The molecule has 2 N–H and O–H groups in total. The van der Waals surface area contributed by atoms with Crippen LogP contribution in [0.1, 0.15) is 48.8 Å². The first kappa shape index (κ1) is 19.2. The zero-order chi connectivity index (χ0) is 20.6. The third-order valence-corrected chi connectivity index (χ3v) is 6.84. The number of fused-ring (bicyclic) bond motifs is 4. The molecule has 1 spiro atoms. The normalized spacial score (nSPS) is 17.0. The van der Waals surface area contributed by atoms with Crippen LogP contribution in [-0.2, 0) is 11.8 Å². The van der Waals surface area contributed by atoms with Crippen LogP contribution >= 0.6 is 15.9 Å². The fourth-order valence-electron chi connectivity index (χ4n) is 4.94. The molecule has 0 unspecified atom stereocenters. The number of nitrogens with zero attached hydrogens (tertiary/aromatic N) is 2. The van der Waals surface area contributed by atoms with Gasteiger partial charge in [-0.25, -0.2) is 10.4 Å². The van der Waals surface area contributed by atoms with Gasteiger partial charge in [0.05, 0.1) is 17.5 Å². The first-order valence-electron chi connectivity index (χ1n) is 10.4. The Hall–Kier alpha value is -2.73. The van der Waals surface area contributed by atoms with Crippen LogP contribution in [0.25, 0.3) is 11.3 Å². The number of hydrogen-bond acceptors (Lipinski definition) is 4. The lowest BCUT2D eigenvalue weighted by Gasteiger charge is -2.41. The molecule has 0 amide bonds. The van der Waals surface area contributed by atoms with E-state index in [0.717, 1.165) is 46.1 Å². The summed E-state index contributed by atoms with van der Waals surface area (Å²) >= 11 is 3.43. The van der Waals surface area contributed by atoms with E-state index in [4.69, 9.17) is 4.98 Å². The van der Waals surface area contributed by atoms with Crippen molar-refractivity contribution in [3.63, 3.8) is 0 Å². The molecule has 5 nitrogen and oxygen atoms in total. The molecule has 3 aromatic rings. The van der Waals surface area contributed by atoms with E-state index < -0.39 is 0 Å². The minimum absolute atomic E-state index is 0.0438. The molecule has 0 saturated heterocycles. The smallest absolute Gasteiger partial charge is 0.256 e. The molecule has 1 fully saturated rings. The summed E-state index contributed by atoms with van der Waals surface area (Å²) in [6.07, 6.45) is 8.31. The number of benzene rings is 2. The third-order valence-electron chi connectivity index (χ3n) is 6.32. The van der Waals surface area contributed by atoms with Crippen LogP contribution in [0.15, 0.2) is 62.9 Å². The molecule has 2 aliphatic rings. The van der Waals surface area contributed by atoms with Crippen molar-refractivity contribution >= 4 is 28.1 Å². The summed E-state index contributed by atoms with van der Waals surface area (Å²) in [5.41, 5.74) is 7.75. The number of H-pyrrole nitrogens is 1. The van der Waals surface area contributed by atoms with Crippen LogP contribution in [0.4, 0.5) is 5.95 Å². The Bertz CT molecular complexity index is 1160. The average Bonchev–Trinajstić information content (AvgIpc) is 2.75. The number of halogens is 1. The van der Waals surface area contributed by atoms with E-state index in [1.54, 1.807) is 6.21 Å². The van der Waals surface area contributed by atoms with Crippen molar-refractivity contribution < 1.29 is 0 Å². The van der Waals surface area contributed by atoms with Gasteiger partial charge >= 0.3 is 0 Å². The van der Waals surface area contributed by atoms with Crippen LogP contribution in [0.2, 0.25) is 0 Å². The maximum atomic E-state index is 13.2. The van der Waals surface area contributed by atoms with Gasteiger partial charge in [0.25, 0.3) is 5.56 Å². The predicted molar refractivity (Wildman–Crippen MR) is 124 cm³/mol. The van der Waals surface area contributed by atoms with Gasteiger partial charge in [-0.2, -0.15) is 5.10 Å². The van der Waals surface area contributed by atoms with E-state index >= 15 is 0 Å². The number of nitrogens with one attached hydrogen (secondary N) is 2. The Balaban J connectivity index is 1.53. The lowest BCUT2D eigenvalue weighted by molar-refractivity contribution is 0.285. The Morgan fingerprint density at radius 1 is 1.07 bits per heavy atom. The Kier molecular flexibility index (Phi) is 5.03. The first-order valence-corrected chi connectivity index (χ1v) is 11.2. The summed E-state index contributed by atoms with van der Waals surface area (Å²) in [7, 11) is 0. The summed E-state index contributed by atoms with van der Waals surface area (Å²) in [4.78, 5) is 21.0. The van der Waals surface area contributed by atoms with Crippen molar-refractivity contribution in [1.82, 2.24) is 9.97 Å². The molecule has 1 heterocycles. The molecule has 1 aromatic heterocycles. The lowest BCUT2D eigenvalue weighted by Crippen LogP contribution is -2.40. The Morgan fingerprint density at radius 3 is 2.63 bits per heavy atom. The van der Waals surface area contributed by atoms with Crippen molar-refractivity contribution in [3.05, 3.63) is 80.0 Å². The molecule has 1 saturated carbocycles. The molecule has 30 heavy (non-hydrogen) atoms. The van der Waals surface area contributed by atoms with Crippen molar-refractivity contribution in [2.45, 2.75) is 43.9 Å². The maximum absolute atomic E-state index is 13.2. The van der Waals surface area contributed by atoms with Crippen LogP contribution in [0.5, 0.6) is 0 Å². The fourth-order valence-corrected chi connectivity index (χ4v) is 5.21. The largest absolute Gasteiger partial charge is 0.291 e. The summed E-state index contributed by atoms with van der Waals surface area (Å²) in [6, 6.07) is 16.2. The highest BCUT2D eigenvalue weighted by Gasteiger charge is 2.42. The minimum atomic E-state index is -0.0955. The number of hydrazone groups is 1. The van der Waals surface area contributed by atoms with Gasteiger partial charge in [-0.1, -0.05) is 71.6 Å². The van der Waals surface area contributed by atoms with Gasteiger partial charge in [0.2, 0.25) is 5.95 Å². The standard InChI is InChI=1S/C24H23BrN4O/c25-18-10-8-16(9-11-18)15-26-29-23-27-21-19-7-3-2-6-17(19)14-24(12-4-1-5-13-24)20(21)22(30)28-23/h2-3,6-11,15H,1,4-5,12-14H2,(H2,27,28,29,30)/b26-15+. The fraction of sp³-hybridized carbons (Fsp3) is 0.292. The highest BCUT2D eigenvalue weighted by Crippen LogP contribution is 2.48. The van der Waals surface area contributed by atoms with Crippen molar-refractivity contribution in [3.8, 4) is 11.3 Å². The molecular formula is C24H23BrN4O. The summed E-state index contributed by atoms with van der Waals surface area (Å²) in [5.74, 6) is 0.370. The monoisotopic (exact) mass is 462 g/mol. The SMILES string of the molecule is O=c1[nH]c(N/N=C/c2ccc(Br)cc2)nc2c1C1(CCCCC1)Cc1ccccc1-2. The van der Waals surface area contributed by atoms with Crippen LogP contribution in [0.3, 0.4) is 0 Å². The van der Waals surface area contributed by atoms with E-state index in [1.165, 1.54) is 24.8 Å². The zero-order valence-corrected chi connectivity index (χ0v) is 18.2. The highest BCUT2D eigenvalue weighted by molar-refractivity contribution is 9.10. The third kappa shape index (κ3) is 3.49. The van der Waals surface area contributed by atoms with Gasteiger partial charge in [0.15, 0.2) is 0 Å². The van der Waals surface area contributed by atoms with Gasteiger partial charge in [-0.05, 0) is 42.5 Å². The molecule has 152 valence electrons. The second-order valence-corrected chi connectivity index (χ2v) is 9.15. The summed E-state index contributed by atoms with van der Waals surface area (Å²) < 4.78 is 1.02. The van der Waals surface area contributed by atoms with E-state index in [9.17, 15) is 4.79 Å². The molecule has 0 atom stereocenters. The number of aromatic nitrogens is 2. The molecule has 2 aromatic carbocycles. The highest BCUT2D eigenvalue weighted by atomic mass is 79.9. The van der Waals surface area contributed by atoms with E-state index in [0.29, 0.717) is 5.95 Å². The second kappa shape index (κ2) is 7.84. The molecule has 2 aliphatic carbocycles. The average molecular weight is 463 g/mol. The Labute approximate surface area is 183 Å². The number of hydrogen-bond donors (Lipinski definition) is 2. The number of rotatable bonds is 3. The van der Waals surface area contributed by atoms with Gasteiger partial charge in [-0.3, -0.25) is 9.78 Å². The summed E-state index contributed by atoms with van der Waals surface area (Å²) in [6.45, 7) is 0. The Morgan fingerprint density at radius 2 is 1.83 bits per heavy atom. The number of aromatic amines is 1. The molecular weight excluding hydrogens is 440 g/mol. The van der Waals surface area contributed by atoms with E-state index in [2.05, 4.69) is 49.6 Å². The van der Waals surface area contributed by atoms with Gasteiger partial charge < -0.3 is 0 Å². The molecule has 0 radical (unpaired) electrons. The number of anilines is 1. The van der Waals surface area contributed by atoms with Crippen molar-refractivity contribution in [1.29, 1.82) is 0 Å². The van der Waals surface area contributed by atoms with Crippen LogP contribution < -0.4 is 11.0 Å².